The average Bonchev–Trinajstić information content (AvgIpc) is 2.74. The molecule has 2 saturated heterocycles. The van der Waals surface area contributed by atoms with Crippen molar-refractivity contribution in [2.75, 3.05) is 47.0 Å². The minimum Gasteiger partial charge on any atom is -0.399 e. The van der Waals surface area contributed by atoms with Gasteiger partial charge in [0.05, 0.1) is 19.3 Å². The predicted molar refractivity (Wildman–Crippen MR) is 129 cm³/mol. The van der Waals surface area contributed by atoms with Crippen LogP contribution < -0.4 is 20.9 Å². The van der Waals surface area contributed by atoms with Gasteiger partial charge in [0.25, 0.3) is 11.8 Å². The largest absolute Gasteiger partial charge is 0.399 e. The van der Waals surface area contributed by atoms with Crippen molar-refractivity contribution in [3.8, 4) is 0 Å². The number of anilines is 4. The molecule has 1 aromatic carbocycles. The van der Waals surface area contributed by atoms with Gasteiger partial charge in [-0.3, -0.25) is 4.79 Å². The Bertz CT molecular complexity index is 980. The molecule has 32 heavy (non-hydrogen) atoms. The van der Waals surface area contributed by atoms with E-state index in [1.165, 1.54) is 12.1 Å². The van der Waals surface area contributed by atoms with Crippen molar-refractivity contribution < 1.29 is 13.6 Å². The van der Waals surface area contributed by atoms with Gasteiger partial charge in [0.15, 0.2) is 0 Å². The zero-order chi connectivity index (χ0) is 22.9. The van der Waals surface area contributed by atoms with Gasteiger partial charge >= 0.3 is 0 Å². The minimum absolute atomic E-state index is 0.185. The Balaban J connectivity index is 1.50. The third kappa shape index (κ3) is 5.20. The highest BCUT2D eigenvalue weighted by molar-refractivity contribution is 6.77. The Morgan fingerprint density at radius 3 is 2.44 bits per heavy atom. The highest BCUT2D eigenvalue weighted by atomic mass is 28.3. The lowest BCUT2D eigenvalue weighted by molar-refractivity contribution is -0.0221. The van der Waals surface area contributed by atoms with Gasteiger partial charge in [0.2, 0.25) is 0 Å². The number of hydrogen-bond acceptors (Lipinski definition) is 5. The van der Waals surface area contributed by atoms with Crippen LogP contribution in [0, 0.1) is 0 Å². The molecule has 1 amide bonds. The number of rotatable bonds is 4. The highest BCUT2D eigenvalue weighted by Gasteiger charge is 2.34. The van der Waals surface area contributed by atoms with Gasteiger partial charge < -0.3 is 20.9 Å². The smallest absolute Gasteiger partial charge is 0.257 e. The standard InChI is InChI=1S/C23H31F2N5OSi/c1-32(2)13-11-29(12-14-32)20-15-17(26)3-4-19(20)22(31)28-18-5-8-27-21(16-18)30-9-6-23(24,25)7-10-30/h3-5,8,15-16H,6-7,9-14,26H2,1-2H3,(H,27,28,31). The number of nitrogen functional groups attached to an aromatic ring is 1. The number of alkyl halides is 2. The SMILES string of the molecule is C[Si]1(C)CCN(c2cc(N)ccc2C(=O)Nc2ccnc(N3CCC(F)(F)CC3)c2)CC1. The molecule has 2 fully saturated rings. The van der Waals surface area contributed by atoms with Gasteiger partial charge in [-0.2, -0.15) is 0 Å². The summed E-state index contributed by atoms with van der Waals surface area (Å²) in [7, 11) is -1.15. The molecule has 0 atom stereocenters. The molecule has 172 valence electrons. The van der Waals surface area contributed by atoms with Crippen LogP contribution in [0.4, 0.5) is 31.7 Å². The zero-order valence-corrected chi connectivity index (χ0v) is 19.7. The fraction of sp³-hybridized carbons (Fsp3) is 0.478. The van der Waals surface area contributed by atoms with Crippen LogP contribution in [-0.2, 0) is 0 Å². The maximum atomic E-state index is 13.5. The molecule has 0 saturated carbocycles. The number of benzene rings is 1. The molecule has 9 heteroatoms. The van der Waals surface area contributed by atoms with Crippen molar-refractivity contribution in [1.82, 2.24) is 4.98 Å². The van der Waals surface area contributed by atoms with E-state index in [9.17, 15) is 13.6 Å². The summed E-state index contributed by atoms with van der Waals surface area (Å²) in [5.74, 6) is -2.23. The average molecular weight is 460 g/mol. The van der Waals surface area contributed by atoms with Crippen molar-refractivity contribution >= 4 is 36.9 Å². The van der Waals surface area contributed by atoms with Gasteiger partial charge in [-0.1, -0.05) is 13.1 Å². The van der Waals surface area contributed by atoms with Crippen LogP contribution in [0.25, 0.3) is 0 Å². The van der Waals surface area contributed by atoms with Gasteiger partial charge in [-0.15, -0.1) is 0 Å². The molecule has 1 aromatic heterocycles. The Morgan fingerprint density at radius 1 is 1.06 bits per heavy atom. The number of hydrogen-bond donors (Lipinski definition) is 2. The molecule has 2 aromatic rings. The first-order valence-corrected chi connectivity index (χ1v) is 14.6. The Morgan fingerprint density at radius 2 is 1.75 bits per heavy atom. The fourth-order valence-electron chi connectivity index (χ4n) is 4.29. The van der Waals surface area contributed by atoms with Gasteiger partial charge in [-0.25, -0.2) is 13.8 Å². The molecule has 2 aliphatic heterocycles. The number of nitrogens with one attached hydrogen (secondary N) is 1. The van der Waals surface area contributed by atoms with Crippen molar-refractivity contribution in [3.63, 3.8) is 0 Å². The quantitative estimate of drug-likeness (QED) is 0.513. The summed E-state index contributed by atoms with van der Waals surface area (Å²) < 4.78 is 27.0. The number of amides is 1. The number of piperidine rings is 1. The Kier molecular flexibility index (Phi) is 6.11. The second-order valence-corrected chi connectivity index (χ2v) is 15.0. The molecule has 0 unspecified atom stereocenters. The normalized spacial score (nSPS) is 20.1. The number of aromatic nitrogens is 1. The molecule has 2 aliphatic rings. The van der Waals surface area contributed by atoms with E-state index < -0.39 is 14.0 Å². The number of carbonyl (C=O) groups excluding carboxylic acids is 1. The van der Waals surface area contributed by atoms with Gasteiger partial charge in [0, 0.05) is 62.7 Å². The number of nitrogens with zero attached hydrogens (tertiary/aromatic N) is 3. The maximum Gasteiger partial charge on any atom is 0.257 e. The summed E-state index contributed by atoms with van der Waals surface area (Å²) in [6.45, 7) is 7.16. The van der Waals surface area contributed by atoms with E-state index in [-0.39, 0.29) is 31.8 Å². The Labute approximate surface area is 188 Å². The molecule has 0 aliphatic carbocycles. The van der Waals surface area contributed by atoms with Gasteiger partial charge in [0.1, 0.15) is 5.82 Å². The maximum absolute atomic E-state index is 13.5. The molecule has 0 bridgehead atoms. The van der Waals surface area contributed by atoms with E-state index >= 15 is 0 Å². The summed E-state index contributed by atoms with van der Waals surface area (Å²) in [5, 5.41) is 2.96. The molecule has 3 heterocycles. The summed E-state index contributed by atoms with van der Waals surface area (Å²) >= 11 is 0. The molecular weight excluding hydrogens is 428 g/mol. The van der Waals surface area contributed by atoms with E-state index in [1.807, 2.05) is 11.0 Å². The lowest BCUT2D eigenvalue weighted by atomic mass is 10.1. The lowest BCUT2D eigenvalue weighted by Crippen LogP contribution is -2.43. The molecule has 3 N–H and O–H groups in total. The number of carbonyl (C=O) groups is 1. The first-order valence-electron chi connectivity index (χ1n) is 11.2. The first kappa shape index (κ1) is 22.5. The molecular formula is C23H31F2N5OSi. The third-order valence-corrected chi connectivity index (χ3v) is 9.70. The minimum atomic E-state index is -2.61. The summed E-state index contributed by atoms with van der Waals surface area (Å²) in [5.41, 5.74) is 8.71. The zero-order valence-electron chi connectivity index (χ0n) is 18.7. The van der Waals surface area contributed by atoms with Crippen LogP contribution in [0.15, 0.2) is 36.5 Å². The molecule has 4 rings (SSSR count). The van der Waals surface area contributed by atoms with E-state index in [0.717, 1.165) is 18.8 Å². The van der Waals surface area contributed by atoms with E-state index in [4.69, 9.17) is 5.73 Å². The van der Waals surface area contributed by atoms with Crippen LogP contribution in [0.2, 0.25) is 25.2 Å². The van der Waals surface area contributed by atoms with Gasteiger partial charge in [-0.05, 0) is 36.4 Å². The summed E-state index contributed by atoms with van der Waals surface area (Å²) in [6, 6.07) is 11.2. The van der Waals surface area contributed by atoms with E-state index in [0.29, 0.717) is 22.8 Å². The monoisotopic (exact) mass is 459 g/mol. The van der Waals surface area contributed by atoms with Crippen LogP contribution in [0.5, 0.6) is 0 Å². The van der Waals surface area contributed by atoms with Crippen LogP contribution >= 0.6 is 0 Å². The second kappa shape index (κ2) is 8.69. The predicted octanol–water partition coefficient (Wildman–Crippen LogP) is 4.68. The van der Waals surface area contributed by atoms with E-state index in [1.54, 1.807) is 30.5 Å². The summed E-state index contributed by atoms with van der Waals surface area (Å²) in [6.07, 6.45) is 1.23. The van der Waals surface area contributed by atoms with Crippen LogP contribution in [0.1, 0.15) is 23.2 Å². The molecule has 6 nitrogen and oxygen atoms in total. The van der Waals surface area contributed by atoms with Crippen molar-refractivity contribution in [2.24, 2.45) is 0 Å². The number of nitrogens with two attached hydrogens (primary N) is 1. The number of pyridine rings is 1. The van der Waals surface area contributed by atoms with Crippen molar-refractivity contribution in [2.45, 2.75) is 43.9 Å². The summed E-state index contributed by atoms with van der Waals surface area (Å²) in [4.78, 5) is 21.6. The molecule has 0 radical (unpaired) electrons. The topological polar surface area (TPSA) is 74.5 Å². The van der Waals surface area contributed by atoms with Crippen molar-refractivity contribution in [3.05, 3.63) is 42.1 Å². The Hall–Kier alpha value is -2.68. The molecule has 0 spiro atoms. The lowest BCUT2D eigenvalue weighted by Gasteiger charge is -2.37. The highest BCUT2D eigenvalue weighted by Crippen LogP contribution is 2.32. The third-order valence-electron chi connectivity index (χ3n) is 6.55. The fourth-order valence-corrected chi connectivity index (χ4v) is 6.29. The number of halogens is 2. The second-order valence-electron chi connectivity index (χ2n) is 9.63. The van der Waals surface area contributed by atoms with Crippen LogP contribution in [-0.4, -0.2) is 51.1 Å². The van der Waals surface area contributed by atoms with Crippen molar-refractivity contribution in [1.29, 1.82) is 0 Å². The van der Waals surface area contributed by atoms with E-state index in [2.05, 4.69) is 28.3 Å². The van der Waals surface area contributed by atoms with Crippen LogP contribution in [0.3, 0.4) is 0 Å². The first-order chi connectivity index (χ1) is 15.1.